The summed E-state index contributed by atoms with van der Waals surface area (Å²) in [6, 6.07) is 0. The molecule has 3 nitrogen and oxygen atoms in total. The van der Waals surface area contributed by atoms with Crippen molar-refractivity contribution in [1.29, 1.82) is 0 Å². The van der Waals surface area contributed by atoms with E-state index in [2.05, 4.69) is 30.0 Å². The largest absolute Gasteiger partial charge is 1.00 e. The molecule has 0 aliphatic heterocycles. The van der Waals surface area contributed by atoms with Crippen molar-refractivity contribution in [2.24, 2.45) is 0 Å². The van der Waals surface area contributed by atoms with Crippen molar-refractivity contribution in [3.8, 4) is 0 Å². The fourth-order valence-corrected chi connectivity index (χ4v) is 1.05. The van der Waals surface area contributed by atoms with E-state index in [0.717, 1.165) is 11.4 Å². The number of aromatic nitrogens is 2. The summed E-state index contributed by atoms with van der Waals surface area (Å²) in [6.07, 6.45) is 4.49. The van der Waals surface area contributed by atoms with Crippen LogP contribution in [0, 0.1) is 21.1 Å². The van der Waals surface area contributed by atoms with Crippen molar-refractivity contribution in [3.05, 3.63) is 32.9 Å². The average Bonchev–Trinajstić information content (AvgIpc) is 2.04. The number of hydrogen-bond donors (Lipinski definition) is 0. The molecule has 0 radical (unpaired) electrons. The summed E-state index contributed by atoms with van der Waals surface area (Å²) in [5.41, 5.74) is 1.07. The average molecular weight is 233 g/mol. The van der Waals surface area contributed by atoms with Gasteiger partial charge in [0.2, 0.25) is 0 Å². The van der Waals surface area contributed by atoms with Gasteiger partial charge in [-0.15, -0.1) is 0 Å². The predicted octanol–water partition coefficient (Wildman–Crippen LogP) is -0.629. The normalized spacial score (nSPS) is 8.33. The van der Waals surface area contributed by atoms with E-state index < -0.39 is 0 Å². The van der Waals surface area contributed by atoms with Crippen LogP contribution in [0.3, 0.4) is 0 Å². The molecule has 0 aromatic carbocycles. The molecule has 0 saturated heterocycles. The Kier molecular flexibility index (Phi) is 13.5. The first kappa shape index (κ1) is 20.9. The molecule has 0 saturated carbocycles. The molecule has 15 heavy (non-hydrogen) atoms. The third-order valence-corrected chi connectivity index (χ3v) is 1.66. The van der Waals surface area contributed by atoms with Crippen molar-refractivity contribution in [2.45, 2.75) is 19.8 Å². The fraction of sp³-hybridized carbons (Fsp3) is 0.455. The van der Waals surface area contributed by atoms with Crippen molar-refractivity contribution in [3.63, 3.8) is 0 Å². The SMILES string of the molecule is CC(C)c1[c-]ncnc1N(C)C.[CH3-].[CH3-].[K+]. The Bertz CT molecular complexity index is 235. The third kappa shape index (κ3) is 5.97. The molecule has 0 aliphatic rings. The summed E-state index contributed by atoms with van der Waals surface area (Å²) >= 11 is 0. The summed E-state index contributed by atoms with van der Waals surface area (Å²) in [4.78, 5) is 10.0. The second-order valence-electron chi connectivity index (χ2n) is 3.27. The van der Waals surface area contributed by atoms with Crippen molar-refractivity contribution in [1.82, 2.24) is 9.97 Å². The Morgan fingerprint density at radius 3 is 2.13 bits per heavy atom. The smallest absolute Gasteiger partial charge is 0.414 e. The first-order valence-electron chi connectivity index (χ1n) is 4.03. The van der Waals surface area contributed by atoms with E-state index in [1.54, 1.807) is 0 Å². The van der Waals surface area contributed by atoms with Crippen LogP contribution in [0.1, 0.15) is 25.3 Å². The van der Waals surface area contributed by atoms with E-state index in [-0.39, 0.29) is 66.2 Å². The first-order chi connectivity index (χ1) is 5.63. The molecule has 0 atom stereocenters. The van der Waals surface area contributed by atoms with Crippen molar-refractivity contribution in [2.75, 3.05) is 19.0 Å². The van der Waals surface area contributed by atoms with Gasteiger partial charge in [0, 0.05) is 12.1 Å². The van der Waals surface area contributed by atoms with Gasteiger partial charge < -0.3 is 29.7 Å². The van der Waals surface area contributed by atoms with Gasteiger partial charge in [-0.3, -0.25) is 0 Å². The molecule has 82 valence electrons. The van der Waals surface area contributed by atoms with E-state index in [1.165, 1.54) is 6.33 Å². The minimum atomic E-state index is 0. The van der Waals surface area contributed by atoms with Gasteiger partial charge in [-0.25, -0.2) is 0 Å². The van der Waals surface area contributed by atoms with E-state index in [0.29, 0.717) is 5.92 Å². The van der Waals surface area contributed by atoms with Gasteiger partial charge >= 0.3 is 51.4 Å². The first-order valence-corrected chi connectivity index (χ1v) is 4.03. The zero-order valence-electron chi connectivity index (χ0n) is 11.0. The minimum Gasteiger partial charge on any atom is -0.414 e. The van der Waals surface area contributed by atoms with Gasteiger partial charge in [0.15, 0.2) is 0 Å². The van der Waals surface area contributed by atoms with E-state index in [9.17, 15) is 0 Å². The van der Waals surface area contributed by atoms with Crippen LogP contribution in [0.5, 0.6) is 0 Å². The minimum absolute atomic E-state index is 0. The third-order valence-electron chi connectivity index (χ3n) is 1.66. The zero-order valence-corrected chi connectivity index (χ0v) is 14.1. The Morgan fingerprint density at radius 2 is 1.80 bits per heavy atom. The van der Waals surface area contributed by atoms with Crippen LogP contribution in [-0.4, -0.2) is 24.1 Å². The van der Waals surface area contributed by atoms with E-state index >= 15 is 0 Å². The number of nitrogens with zero attached hydrogens (tertiary/aromatic N) is 3. The molecule has 0 N–H and O–H groups in total. The molecule has 0 aliphatic carbocycles. The standard InChI is InChI=1S/C9H14N3.2CH3.K/c1-7(2)8-5-10-6-11-9(8)12(3)4;;;/h6-7H,1-4H3;2*1H3;/q3*-1;+1. The Morgan fingerprint density at radius 1 is 1.27 bits per heavy atom. The molecule has 1 aromatic rings. The second kappa shape index (κ2) is 9.72. The van der Waals surface area contributed by atoms with Gasteiger partial charge in [0.25, 0.3) is 0 Å². The fourth-order valence-electron chi connectivity index (χ4n) is 1.05. The summed E-state index contributed by atoms with van der Waals surface area (Å²) in [5.74, 6) is 1.38. The molecular formula is C11H20KN3-2. The Hall–Kier alpha value is 0.516. The molecule has 0 fully saturated rings. The Labute approximate surface area is 137 Å². The maximum atomic E-state index is 4.18. The van der Waals surface area contributed by atoms with Crippen molar-refractivity contribution < 1.29 is 51.4 Å². The summed E-state index contributed by atoms with van der Waals surface area (Å²) in [5, 5.41) is 0. The summed E-state index contributed by atoms with van der Waals surface area (Å²) < 4.78 is 0. The predicted molar refractivity (Wildman–Crippen MR) is 62.1 cm³/mol. The molecule has 1 rings (SSSR count). The molecule has 4 heteroatoms. The monoisotopic (exact) mass is 233 g/mol. The molecule has 1 heterocycles. The van der Waals surface area contributed by atoms with Crippen LogP contribution in [0.25, 0.3) is 0 Å². The number of anilines is 1. The van der Waals surface area contributed by atoms with Gasteiger partial charge in [0.1, 0.15) is 0 Å². The van der Waals surface area contributed by atoms with E-state index in [1.807, 2.05) is 19.0 Å². The molecule has 0 amide bonds. The van der Waals surface area contributed by atoms with Gasteiger partial charge in [-0.2, -0.15) is 0 Å². The maximum absolute atomic E-state index is 4.18. The molecule has 1 aromatic heterocycles. The molecule has 0 unspecified atom stereocenters. The second-order valence-corrected chi connectivity index (χ2v) is 3.27. The quantitative estimate of drug-likeness (QED) is 0.503. The summed E-state index contributed by atoms with van der Waals surface area (Å²) in [7, 11) is 3.95. The van der Waals surface area contributed by atoms with Crippen LogP contribution in [0.2, 0.25) is 0 Å². The summed E-state index contributed by atoms with van der Waals surface area (Å²) in [6.45, 7) is 4.23. The topological polar surface area (TPSA) is 29.0 Å². The van der Waals surface area contributed by atoms with Gasteiger partial charge in [-0.05, 0) is 20.0 Å². The number of hydrogen-bond acceptors (Lipinski definition) is 3. The van der Waals surface area contributed by atoms with Crippen LogP contribution in [0.15, 0.2) is 6.33 Å². The van der Waals surface area contributed by atoms with Crippen LogP contribution < -0.4 is 56.3 Å². The Balaban J connectivity index is -0.000000480. The van der Waals surface area contributed by atoms with Crippen molar-refractivity contribution >= 4 is 5.82 Å². The maximum Gasteiger partial charge on any atom is 1.00 e. The van der Waals surface area contributed by atoms with Gasteiger partial charge in [0.05, 0.1) is 0 Å². The molecule has 0 spiro atoms. The molecular weight excluding hydrogens is 213 g/mol. The van der Waals surface area contributed by atoms with E-state index in [4.69, 9.17) is 0 Å². The van der Waals surface area contributed by atoms with Crippen LogP contribution >= 0.6 is 0 Å². The van der Waals surface area contributed by atoms with Crippen LogP contribution in [-0.2, 0) is 0 Å². The van der Waals surface area contributed by atoms with Crippen LogP contribution in [0.4, 0.5) is 5.82 Å². The number of rotatable bonds is 2. The molecule has 0 bridgehead atoms. The van der Waals surface area contributed by atoms with Gasteiger partial charge in [-0.1, -0.05) is 25.6 Å². The zero-order chi connectivity index (χ0) is 9.14.